The molecule has 2 aromatic rings. The van der Waals surface area contributed by atoms with E-state index in [4.69, 9.17) is 14.7 Å². The predicted octanol–water partition coefficient (Wildman–Crippen LogP) is 2.62. The van der Waals surface area contributed by atoms with Crippen LogP contribution in [0.3, 0.4) is 0 Å². The van der Waals surface area contributed by atoms with Crippen molar-refractivity contribution in [2.45, 2.75) is 13.3 Å². The second-order valence-corrected chi connectivity index (χ2v) is 5.90. The standard InChI is InChI=1S/C20H17N3O7/c1-2-18(24)13-3-6-16(7-4-13)29-12-20(26)30-11-19(25)22-17-8-5-15(23(27)28)9-14(17)10-21/h3-9H,2,11-12H2,1H3,(H,22,25). The van der Waals surface area contributed by atoms with Crippen molar-refractivity contribution in [3.05, 3.63) is 63.7 Å². The van der Waals surface area contributed by atoms with Crippen LogP contribution in [-0.4, -0.2) is 35.8 Å². The van der Waals surface area contributed by atoms with Crippen molar-refractivity contribution in [1.29, 1.82) is 5.26 Å². The second kappa shape index (κ2) is 10.3. The molecule has 30 heavy (non-hydrogen) atoms. The van der Waals surface area contributed by atoms with Crippen molar-refractivity contribution < 1.29 is 28.8 Å². The lowest BCUT2D eigenvalue weighted by atomic mass is 10.1. The number of hydrogen-bond donors (Lipinski definition) is 1. The quantitative estimate of drug-likeness (QED) is 0.286. The van der Waals surface area contributed by atoms with Crippen LogP contribution < -0.4 is 10.1 Å². The molecule has 0 aliphatic rings. The van der Waals surface area contributed by atoms with Crippen LogP contribution in [0.1, 0.15) is 29.3 Å². The summed E-state index contributed by atoms with van der Waals surface area (Å²) in [6.45, 7) is 0.672. The van der Waals surface area contributed by atoms with Gasteiger partial charge in [-0.3, -0.25) is 19.7 Å². The molecular weight excluding hydrogens is 394 g/mol. The highest BCUT2D eigenvalue weighted by Crippen LogP contribution is 2.21. The minimum atomic E-state index is -0.803. The van der Waals surface area contributed by atoms with Crippen molar-refractivity contribution in [2.75, 3.05) is 18.5 Å². The van der Waals surface area contributed by atoms with E-state index < -0.39 is 30.0 Å². The number of esters is 1. The molecule has 0 saturated heterocycles. The molecule has 0 atom stereocenters. The number of nitriles is 1. The largest absolute Gasteiger partial charge is 0.482 e. The Kier molecular flexibility index (Phi) is 7.59. The fourth-order valence-electron chi connectivity index (χ4n) is 2.30. The van der Waals surface area contributed by atoms with E-state index in [1.807, 2.05) is 0 Å². The number of benzene rings is 2. The van der Waals surface area contributed by atoms with E-state index in [2.05, 4.69) is 5.32 Å². The predicted molar refractivity (Wildman–Crippen MR) is 104 cm³/mol. The molecular formula is C20H17N3O7. The number of Topliss-reactive ketones (excluding diaryl/α,β-unsaturated/α-hetero) is 1. The number of ketones is 1. The van der Waals surface area contributed by atoms with Gasteiger partial charge in [-0.25, -0.2) is 4.79 Å². The molecule has 0 bridgehead atoms. The zero-order valence-corrected chi connectivity index (χ0v) is 15.9. The van der Waals surface area contributed by atoms with Gasteiger partial charge in [0.1, 0.15) is 11.8 Å². The first-order valence-electron chi connectivity index (χ1n) is 8.74. The fraction of sp³-hybridized carbons (Fsp3) is 0.200. The van der Waals surface area contributed by atoms with Gasteiger partial charge in [0.05, 0.1) is 16.2 Å². The lowest BCUT2D eigenvalue weighted by molar-refractivity contribution is -0.384. The number of carbonyl (C=O) groups excluding carboxylic acids is 3. The normalized spacial score (nSPS) is 9.87. The summed E-state index contributed by atoms with van der Waals surface area (Å²) < 4.78 is 10.0. The molecule has 0 spiro atoms. The first kappa shape index (κ1) is 22.0. The van der Waals surface area contributed by atoms with Crippen LogP contribution in [0.4, 0.5) is 11.4 Å². The smallest absolute Gasteiger partial charge is 0.344 e. The molecule has 0 saturated carbocycles. The second-order valence-electron chi connectivity index (χ2n) is 5.90. The Hall–Kier alpha value is -4.26. The van der Waals surface area contributed by atoms with Crippen molar-refractivity contribution >= 4 is 29.0 Å². The Balaban J connectivity index is 1.82. The topological polar surface area (TPSA) is 149 Å². The molecule has 0 unspecified atom stereocenters. The summed E-state index contributed by atoms with van der Waals surface area (Å²) in [5.41, 5.74) is 0.201. The number of hydrogen-bond acceptors (Lipinski definition) is 8. The molecule has 1 amide bonds. The van der Waals surface area contributed by atoms with Gasteiger partial charge in [0.15, 0.2) is 19.0 Å². The van der Waals surface area contributed by atoms with E-state index in [-0.39, 0.29) is 22.7 Å². The lowest BCUT2D eigenvalue weighted by Crippen LogP contribution is -2.24. The zero-order valence-electron chi connectivity index (χ0n) is 15.9. The Morgan fingerprint density at radius 2 is 1.83 bits per heavy atom. The van der Waals surface area contributed by atoms with Crippen LogP contribution in [0, 0.1) is 21.4 Å². The number of nitrogens with one attached hydrogen (secondary N) is 1. The Morgan fingerprint density at radius 3 is 2.43 bits per heavy atom. The van der Waals surface area contributed by atoms with Crippen LogP contribution in [0.15, 0.2) is 42.5 Å². The van der Waals surface area contributed by atoms with Gasteiger partial charge in [0.25, 0.3) is 11.6 Å². The van der Waals surface area contributed by atoms with Gasteiger partial charge in [0, 0.05) is 24.1 Å². The number of nitro benzene ring substituents is 1. The number of amides is 1. The van der Waals surface area contributed by atoms with E-state index in [1.54, 1.807) is 37.3 Å². The number of carbonyl (C=O) groups is 3. The van der Waals surface area contributed by atoms with Gasteiger partial charge in [-0.2, -0.15) is 5.26 Å². The maximum Gasteiger partial charge on any atom is 0.344 e. The maximum absolute atomic E-state index is 11.9. The van der Waals surface area contributed by atoms with E-state index >= 15 is 0 Å². The third kappa shape index (κ3) is 6.13. The van der Waals surface area contributed by atoms with Gasteiger partial charge in [-0.1, -0.05) is 6.92 Å². The van der Waals surface area contributed by atoms with Gasteiger partial charge < -0.3 is 14.8 Å². The first-order chi connectivity index (χ1) is 14.3. The third-order valence-electron chi connectivity index (χ3n) is 3.83. The summed E-state index contributed by atoms with van der Waals surface area (Å²) in [7, 11) is 0. The molecule has 0 heterocycles. The van der Waals surface area contributed by atoms with Crippen molar-refractivity contribution in [2.24, 2.45) is 0 Å². The van der Waals surface area contributed by atoms with Crippen LogP contribution in [0.5, 0.6) is 5.75 Å². The molecule has 2 rings (SSSR count). The summed E-state index contributed by atoms with van der Waals surface area (Å²) in [5, 5.41) is 22.1. The lowest BCUT2D eigenvalue weighted by Gasteiger charge is -2.09. The SMILES string of the molecule is CCC(=O)c1ccc(OCC(=O)OCC(=O)Nc2ccc([N+](=O)[O-])cc2C#N)cc1. The fourth-order valence-corrected chi connectivity index (χ4v) is 2.30. The van der Waals surface area contributed by atoms with Crippen LogP contribution in [-0.2, 0) is 14.3 Å². The van der Waals surface area contributed by atoms with Gasteiger partial charge >= 0.3 is 5.97 Å². The van der Waals surface area contributed by atoms with Gasteiger partial charge in [-0.15, -0.1) is 0 Å². The molecule has 0 aliphatic heterocycles. The molecule has 0 radical (unpaired) electrons. The molecule has 0 aromatic heterocycles. The minimum absolute atomic E-state index is 0.0143. The minimum Gasteiger partial charge on any atom is -0.482 e. The van der Waals surface area contributed by atoms with Crippen LogP contribution in [0.25, 0.3) is 0 Å². The first-order valence-corrected chi connectivity index (χ1v) is 8.74. The highest BCUT2D eigenvalue weighted by molar-refractivity contribution is 5.96. The number of anilines is 1. The monoisotopic (exact) mass is 411 g/mol. The van der Waals surface area contributed by atoms with E-state index in [0.29, 0.717) is 17.7 Å². The summed E-state index contributed by atoms with van der Waals surface area (Å²) in [5.74, 6) is -1.19. The van der Waals surface area contributed by atoms with Crippen LogP contribution in [0.2, 0.25) is 0 Å². The highest BCUT2D eigenvalue weighted by Gasteiger charge is 2.14. The zero-order chi connectivity index (χ0) is 22.1. The number of ether oxygens (including phenoxy) is 2. The summed E-state index contributed by atoms with van der Waals surface area (Å²) in [6.07, 6.45) is 0.379. The average Bonchev–Trinajstić information content (AvgIpc) is 2.76. The summed E-state index contributed by atoms with van der Waals surface area (Å²) in [6, 6.07) is 11.4. The number of rotatable bonds is 9. The Bertz CT molecular complexity index is 1010. The maximum atomic E-state index is 11.9. The Labute approximate surface area is 171 Å². The number of nitrogens with zero attached hydrogens (tertiary/aromatic N) is 2. The number of non-ortho nitro benzene ring substituents is 1. The van der Waals surface area contributed by atoms with E-state index in [9.17, 15) is 24.5 Å². The average molecular weight is 411 g/mol. The molecule has 154 valence electrons. The molecule has 10 nitrogen and oxygen atoms in total. The summed E-state index contributed by atoms with van der Waals surface area (Å²) >= 11 is 0. The molecule has 1 N–H and O–H groups in total. The van der Waals surface area contributed by atoms with Gasteiger partial charge in [-0.05, 0) is 30.3 Å². The van der Waals surface area contributed by atoms with E-state index in [0.717, 1.165) is 12.1 Å². The number of nitro groups is 1. The molecule has 2 aromatic carbocycles. The van der Waals surface area contributed by atoms with Crippen molar-refractivity contribution in [3.63, 3.8) is 0 Å². The molecule has 0 fully saturated rings. The van der Waals surface area contributed by atoms with E-state index in [1.165, 1.54) is 6.07 Å². The Morgan fingerprint density at radius 1 is 1.13 bits per heavy atom. The summed E-state index contributed by atoms with van der Waals surface area (Å²) in [4.78, 5) is 45.3. The molecule has 0 aliphatic carbocycles. The van der Waals surface area contributed by atoms with Crippen molar-refractivity contribution in [3.8, 4) is 11.8 Å². The van der Waals surface area contributed by atoms with Crippen molar-refractivity contribution in [1.82, 2.24) is 0 Å². The third-order valence-corrected chi connectivity index (χ3v) is 3.83. The van der Waals surface area contributed by atoms with Crippen LogP contribution >= 0.6 is 0 Å². The molecule has 10 heteroatoms. The highest BCUT2D eigenvalue weighted by atomic mass is 16.6. The van der Waals surface area contributed by atoms with Gasteiger partial charge in [0.2, 0.25) is 0 Å².